The second-order valence-electron chi connectivity index (χ2n) is 2.88. The van der Waals surface area contributed by atoms with Crippen LogP contribution < -0.4 is 16.8 Å². The Bertz CT molecular complexity index is 388. The fourth-order valence-corrected chi connectivity index (χ4v) is 1.09. The van der Waals surface area contributed by atoms with Gasteiger partial charge in [-0.25, -0.2) is 4.79 Å². The van der Waals surface area contributed by atoms with E-state index in [9.17, 15) is 9.59 Å². The van der Waals surface area contributed by atoms with Crippen molar-refractivity contribution < 1.29 is 9.59 Å². The average Bonchev–Trinajstić information content (AvgIpc) is 2.07. The minimum atomic E-state index is -0.639. The molecule has 74 valence electrons. The zero-order chi connectivity index (χ0) is 10.7. The number of anilines is 1. The van der Waals surface area contributed by atoms with Crippen LogP contribution >= 0.6 is 0 Å². The maximum absolute atomic E-state index is 10.8. The SMILES string of the molecule is Cc1cc(C(N)=O)ccc1NC(N)=O. The Hall–Kier alpha value is -2.04. The Labute approximate surface area is 81.1 Å². The third kappa shape index (κ3) is 2.22. The van der Waals surface area contributed by atoms with E-state index in [-0.39, 0.29) is 0 Å². The van der Waals surface area contributed by atoms with Crippen molar-refractivity contribution in [3.8, 4) is 0 Å². The molecule has 5 heteroatoms. The van der Waals surface area contributed by atoms with Crippen LogP contribution in [0, 0.1) is 6.92 Å². The molecule has 5 nitrogen and oxygen atoms in total. The summed E-state index contributed by atoms with van der Waals surface area (Å²) in [6.07, 6.45) is 0. The molecule has 0 aliphatic rings. The smallest absolute Gasteiger partial charge is 0.316 e. The Morgan fingerprint density at radius 2 is 1.93 bits per heavy atom. The lowest BCUT2D eigenvalue weighted by Crippen LogP contribution is -2.20. The molecule has 1 aromatic rings. The summed E-state index contributed by atoms with van der Waals surface area (Å²) in [5.41, 5.74) is 11.7. The Balaban J connectivity index is 3.01. The number of hydrogen-bond acceptors (Lipinski definition) is 2. The maximum Gasteiger partial charge on any atom is 0.316 e. The highest BCUT2D eigenvalue weighted by Crippen LogP contribution is 2.15. The van der Waals surface area contributed by atoms with Crippen LogP contribution in [0.2, 0.25) is 0 Å². The average molecular weight is 193 g/mol. The van der Waals surface area contributed by atoms with Gasteiger partial charge in [-0.15, -0.1) is 0 Å². The topological polar surface area (TPSA) is 98.2 Å². The third-order valence-electron chi connectivity index (χ3n) is 1.77. The molecular formula is C9H11N3O2. The maximum atomic E-state index is 10.8. The summed E-state index contributed by atoms with van der Waals surface area (Å²) in [5.74, 6) is -0.501. The minimum Gasteiger partial charge on any atom is -0.366 e. The number of urea groups is 1. The van der Waals surface area contributed by atoms with Gasteiger partial charge < -0.3 is 16.8 Å². The zero-order valence-corrected chi connectivity index (χ0v) is 7.70. The number of aryl methyl sites for hydroxylation is 1. The summed E-state index contributed by atoms with van der Waals surface area (Å²) in [5, 5.41) is 2.43. The lowest BCUT2D eigenvalue weighted by molar-refractivity contribution is 0.1000. The summed E-state index contributed by atoms with van der Waals surface area (Å²) < 4.78 is 0. The van der Waals surface area contributed by atoms with E-state index in [1.165, 1.54) is 6.07 Å². The zero-order valence-electron chi connectivity index (χ0n) is 7.70. The second-order valence-corrected chi connectivity index (χ2v) is 2.88. The van der Waals surface area contributed by atoms with Crippen LogP contribution in [-0.4, -0.2) is 11.9 Å². The Morgan fingerprint density at radius 3 is 2.36 bits per heavy atom. The van der Waals surface area contributed by atoms with Crippen molar-refractivity contribution in [1.82, 2.24) is 0 Å². The number of carbonyl (C=O) groups is 2. The molecule has 0 fully saturated rings. The first-order chi connectivity index (χ1) is 6.50. The summed E-state index contributed by atoms with van der Waals surface area (Å²) in [4.78, 5) is 21.4. The van der Waals surface area contributed by atoms with Gasteiger partial charge in [0.1, 0.15) is 0 Å². The molecule has 0 bridgehead atoms. The number of amides is 3. The van der Waals surface area contributed by atoms with E-state index in [4.69, 9.17) is 11.5 Å². The molecule has 5 N–H and O–H groups in total. The molecule has 0 radical (unpaired) electrons. The van der Waals surface area contributed by atoms with Crippen LogP contribution in [0.5, 0.6) is 0 Å². The molecule has 0 spiro atoms. The highest BCUT2D eigenvalue weighted by molar-refractivity contribution is 5.94. The van der Waals surface area contributed by atoms with E-state index in [1.54, 1.807) is 19.1 Å². The van der Waals surface area contributed by atoms with Crippen molar-refractivity contribution in [3.05, 3.63) is 29.3 Å². The summed E-state index contributed by atoms with van der Waals surface area (Å²) in [6.45, 7) is 1.75. The van der Waals surface area contributed by atoms with E-state index < -0.39 is 11.9 Å². The van der Waals surface area contributed by atoms with Crippen molar-refractivity contribution in [1.29, 1.82) is 0 Å². The lowest BCUT2D eigenvalue weighted by Gasteiger charge is -2.06. The lowest BCUT2D eigenvalue weighted by atomic mass is 10.1. The van der Waals surface area contributed by atoms with E-state index in [0.717, 1.165) is 5.56 Å². The number of nitrogens with one attached hydrogen (secondary N) is 1. The molecule has 1 rings (SSSR count). The van der Waals surface area contributed by atoms with Crippen molar-refractivity contribution in [3.63, 3.8) is 0 Å². The predicted molar refractivity (Wildman–Crippen MR) is 52.9 cm³/mol. The first-order valence-electron chi connectivity index (χ1n) is 3.97. The summed E-state index contributed by atoms with van der Waals surface area (Å²) in [7, 11) is 0. The molecule has 3 amide bonds. The summed E-state index contributed by atoms with van der Waals surface area (Å²) >= 11 is 0. The van der Waals surface area contributed by atoms with Gasteiger partial charge in [0.25, 0.3) is 0 Å². The molecule has 0 aliphatic carbocycles. The molecule has 0 aliphatic heterocycles. The number of carbonyl (C=O) groups excluding carboxylic acids is 2. The van der Waals surface area contributed by atoms with Gasteiger partial charge in [-0.2, -0.15) is 0 Å². The van der Waals surface area contributed by atoms with Crippen molar-refractivity contribution in [2.75, 3.05) is 5.32 Å². The summed E-state index contributed by atoms with van der Waals surface area (Å²) in [6, 6.07) is 4.06. The fraction of sp³-hybridized carbons (Fsp3) is 0.111. The monoisotopic (exact) mass is 193 g/mol. The highest BCUT2D eigenvalue weighted by Gasteiger charge is 2.04. The van der Waals surface area contributed by atoms with Crippen LogP contribution in [0.25, 0.3) is 0 Å². The van der Waals surface area contributed by atoms with Crippen LogP contribution in [0.1, 0.15) is 15.9 Å². The molecule has 1 aromatic carbocycles. The van der Waals surface area contributed by atoms with Gasteiger partial charge >= 0.3 is 6.03 Å². The predicted octanol–water partition coefficient (Wildman–Crippen LogP) is 0.585. The molecule has 0 atom stereocenters. The second kappa shape index (κ2) is 3.78. The van der Waals surface area contributed by atoms with Gasteiger partial charge in [0, 0.05) is 11.3 Å². The molecular weight excluding hydrogens is 182 g/mol. The van der Waals surface area contributed by atoms with E-state index in [0.29, 0.717) is 11.3 Å². The minimum absolute atomic E-state index is 0.400. The molecule has 0 saturated heterocycles. The first-order valence-corrected chi connectivity index (χ1v) is 3.97. The molecule has 0 heterocycles. The normalized spacial score (nSPS) is 9.50. The Morgan fingerprint density at radius 1 is 1.29 bits per heavy atom. The van der Waals surface area contributed by atoms with Crippen LogP contribution in [0.15, 0.2) is 18.2 Å². The third-order valence-corrected chi connectivity index (χ3v) is 1.77. The Kier molecular flexibility index (Phi) is 2.71. The fourth-order valence-electron chi connectivity index (χ4n) is 1.09. The van der Waals surface area contributed by atoms with Gasteiger partial charge in [-0.05, 0) is 30.7 Å². The van der Waals surface area contributed by atoms with Crippen molar-refractivity contribution in [2.24, 2.45) is 11.5 Å². The molecule has 14 heavy (non-hydrogen) atoms. The number of nitrogens with two attached hydrogens (primary N) is 2. The number of primary amides is 2. The van der Waals surface area contributed by atoms with Crippen molar-refractivity contribution >= 4 is 17.6 Å². The van der Waals surface area contributed by atoms with Crippen LogP contribution in [0.4, 0.5) is 10.5 Å². The molecule has 0 unspecified atom stereocenters. The number of hydrogen-bond donors (Lipinski definition) is 3. The van der Waals surface area contributed by atoms with E-state index in [2.05, 4.69) is 5.32 Å². The van der Waals surface area contributed by atoms with Gasteiger partial charge in [0.15, 0.2) is 0 Å². The standard InChI is InChI=1S/C9H11N3O2/c1-5-4-6(8(10)13)2-3-7(5)12-9(11)14/h2-4H,1H3,(H2,10,13)(H3,11,12,14). The van der Waals surface area contributed by atoms with Gasteiger partial charge in [-0.1, -0.05) is 0 Å². The van der Waals surface area contributed by atoms with Gasteiger partial charge in [0.05, 0.1) is 0 Å². The largest absolute Gasteiger partial charge is 0.366 e. The number of rotatable bonds is 2. The highest BCUT2D eigenvalue weighted by atomic mass is 16.2. The van der Waals surface area contributed by atoms with Crippen LogP contribution in [0.3, 0.4) is 0 Å². The quantitative estimate of drug-likeness (QED) is 0.640. The van der Waals surface area contributed by atoms with Crippen molar-refractivity contribution in [2.45, 2.75) is 6.92 Å². The van der Waals surface area contributed by atoms with Gasteiger partial charge in [0.2, 0.25) is 5.91 Å². The van der Waals surface area contributed by atoms with E-state index in [1.807, 2.05) is 0 Å². The molecule has 0 aromatic heterocycles. The van der Waals surface area contributed by atoms with Crippen LogP contribution in [-0.2, 0) is 0 Å². The van der Waals surface area contributed by atoms with Gasteiger partial charge in [-0.3, -0.25) is 4.79 Å². The van der Waals surface area contributed by atoms with E-state index >= 15 is 0 Å². The first kappa shape index (κ1) is 10.0. The number of benzene rings is 1. The molecule has 0 saturated carbocycles.